The van der Waals surface area contributed by atoms with Crippen molar-refractivity contribution in [2.75, 3.05) is 7.05 Å². The van der Waals surface area contributed by atoms with Crippen LogP contribution in [0.3, 0.4) is 0 Å². The van der Waals surface area contributed by atoms with Crippen LogP contribution in [0.25, 0.3) is 0 Å². The second-order valence-corrected chi connectivity index (χ2v) is 8.20. The molecule has 5 nitrogen and oxygen atoms in total. The van der Waals surface area contributed by atoms with E-state index in [4.69, 9.17) is 0 Å². The molecule has 0 atom stereocenters. The third-order valence-corrected chi connectivity index (χ3v) is 6.56. The molecular formula is C25H29NO4. The van der Waals surface area contributed by atoms with Crippen LogP contribution >= 0.6 is 0 Å². The zero-order valence-electron chi connectivity index (χ0n) is 17.4. The van der Waals surface area contributed by atoms with Crippen molar-refractivity contribution in [2.45, 2.75) is 50.5 Å². The highest BCUT2D eigenvalue weighted by Gasteiger charge is 2.56. The molecule has 0 saturated heterocycles. The highest BCUT2D eigenvalue weighted by molar-refractivity contribution is 6.13. The molecule has 5 heteroatoms. The van der Waals surface area contributed by atoms with Crippen LogP contribution < -0.4 is 5.32 Å². The molecule has 0 amide bonds. The molecule has 2 aliphatic rings. The van der Waals surface area contributed by atoms with Crippen LogP contribution in [0.4, 0.5) is 0 Å². The van der Waals surface area contributed by atoms with Crippen molar-refractivity contribution in [1.82, 2.24) is 5.32 Å². The van der Waals surface area contributed by atoms with Gasteiger partial charge in [-0.2, -0.15) is 0 Å². The average Bonchev–Trinajstić information content (AvgIpc) is 3.05. The molecule has 2 aromatic rings. The maximum absolute atomic E-state index is 12.1. The maximum Gasteiger partial charge on any atom is 0.314 e. The van der Waals surface area contributed by atoms with Crippen molar-refractivity contribution in [2.24, 2.45) is 5.41 Å². The fraction of sp³-hybridized carbons (Fsp3) is 0.400. The van der Waals surface area contributed by atoms with E-state index in [1.54, 1.807) is 0 Å². The van der Waals surface area contributed by atoms with Crippen LogP contribution in [0.15, 0.2) is 60.7 Å². The second-order valence-electron chi connectivity index (χ2n) is 8.20. The number of carboxylic acids is 1. The van der Waals surface area contributed by atoms with Gasteiger partial charge in [0.05, 0.1) is 10.8 Å². The van der Waals surface area contributed by atoms with Crippen LogP contribution in [0.2, 0.25) is 0 Å². The minimum atomic E-state index is -0.963. The van der Waals surface area contributed by atoms with Gasteiger partial charge >= 0.3 is 5.97 Å². The highest BCUT2D eigenvalue weighted by Crippen LogP contribution is 2.51. The van der Waals surface area contributed by atoms with Crippen LogP contribution in [-0.4, -0.2) is 29.7 Å². The van der Waals surface area contributed by atoms with Crippen molar-refractivity contribution < 1.29 is 19.5 Å². The number of carboxylic acid groups (broad SMARTS) is 1. The second kappa shape index (κ2) is 9.35. The summed E-state index contributed by atoms with van der Waals surface area (Å²) in [6.07, 6.45) is 2.08. The number of hydrogen-bond acceptors (Lipinski definition) is 4. The average molecular weight is 408 g/mol. The third kappa shape index (κ3) is 4.21. The van der Waals surface area contributed by atoms with E-state index in [0.717, 1.165) is 12.1 Å². The van der Waals surface area contributed by atoms with E-state index in [9.17, 15) is 19.5 Å². The van der Waals surface area contributed by atoms with Gasteiger partial charge in [-0.15, -0.1) is 0 Å². The van der Waals surface area contributed by atoms with Gasteiger partial charge in [-0.3, -0.25) is 14.4 Å². The number of aliphatic carboxylic acids is 1. The molecule has 2 N–H and O–H groups in total. The molecule has 30 heavy (non-hydrogen) atoms. The van der Waals surface area contributed by atoms with E-state index in [1.807, 2.05) is 55.6 Å². The first-order chi connectivity index (χ1) is 14.4. The quantitative estimate of drug-likeness (QED) is 0.751. The lowest BCUT2D eigenvalue weighted by Gasteiger charge is -2.41. The Morgan fingerprint density at radius 3 is 1.83 bits per heavy atom. The summed E-state index contributed by atoms with van der Waals surface area (Å²) in [6, 6.07) is 19.5. The topological polar surface area (TPSA) is 83.5 Å². The summed E-state index contributed by atoms with van der Waals surface area (Å²) in [5, 5.41) is 12.8. The maximum atomic E-state index is 12.1. The molecular weight excluding hydrogens is 378 g/mol. The molecule has 2 aliphatic carbocycles. The molecule has 0 bridgehead atoms. The van der Waals surface area contributed by atoms with Crippen LogP contribution in [0, 0.1) is 5.41 Å². The Balaban J connectivity index is 0.000000239. The Labute approximate surface area is 177 Å². The summed E-state index contributed by atoms with van der Waals surface area (Å²) in [6.45, 7) is 0.959. The summed E-state index contributed by atoms with van der Waals surface area (Å²) in [5.41, 5.74) is 0.258. The van der Waals surface area contributed by atoms with Crippen LogP contribution in [-0.2, 0) is 26.3 Å². The Bertz CT molecular complexity index is 866. The van der Waals surface area contributed by atoms with Gasteiger partial charge in [0.1, 0.15) is 11.6 Å². The van der Waals surface area contributed by atoms with E-state index < -0.39 is 16.8 Å². The van der Waals surface area contributed by atoms with E-state index >= 15 is 0 Å². The molecule has 2 aromatic carbocycles. The van der Waals surface area contributed by atoms with Crippen molar-refractivity contribution >= 4 is 17.5 Å². The SMILES string of the molecule is CNCc1ccccc1.O=C1CCC(=O)C12CCC(C(=O)O)(c1ccccc1)CC2. The van der Waals surface area contributed by atoms with Crippen molar-refractivity contribution in [1.29, 1.82) is 0 Å². The highest BCUT2D eigenvalue weighted by atomic mass is 16.4. The Hall–Kier alpha value is -2.79. The van der Waals surface area contributed by atoms with Crippen LogP contribution in [0.5, 0.6) is 0 Å². The predicted octanol–water partition coefficient (Wildman–Crippen LogP) is 3.91. The van der Waals surface area contributed by atoms with Gasteiger partial charge in [0.15, 0.2) is 0 Å². The first kappa shape index (κ1) is 21.9. The van der Waals surface area contributed by atoms with Gasteiger partial charge in [0, 0.05) is 19.4 Å². The van der Waals surface area contributed by atoms with E-state index in [2.05, 4.69) is 17.4 Å². The number of nitrogens with one attached hydrogen (secondary N) is 1. The predicted molar refractivity (Wildman–Crippen MR) is 115 cm³/mol. The summed E-state index contributed by atoms with van der Waals surface area (Å²) in [4.78, 5) is 36.1. The summed E-state index contributed by atoms with van der Waals surface area (Å²) >= 11 is 0. The normalized spacial score (nSPS) is 19.2. The monoisotopic (exact) mass is 407 g/mol. The molecule has 2 fully saturated rings. The number of carbonyl (C=O) groups is 3. The standard InChI is InChI=1S/C17H18O4.C8H11N/c18-13-6-7-14(19)17(13)10-8-16(9-11-17,15(20)21)12-4-2-1-3-5-12;1-9-7-8-5-3-2-4-6-8/h1-5H,6-11H2,(H,20,21);2-6,9H,7H2,1H3. The molecule has 1 spiro atoms. The molecule has 0 unspecified atom stereocenters. The number of rotatable bonds is 4. The van der Waals surface area contributed by atoms with Gasteiger partial charge in [0.25, 0.3) is 0 Å². The minimum absolute atomic E-state index is 0.0135. The van der Waals surface area contributed by atoms with Gasteiger partial charge in [-0.05, 0) is 43.9 Å². The first-order valence-electron chi connectivity index (χ1n) is 10.5. The van der Waals surface area contributed by atoms with Crippen molar-refractivity contribution in [3.63, 3.8) is 0 Å². The number of hydrogen-bond donors (Lipinski definition) is 2. The summed E-state index contributed by atoms with van der Waals surface area (Å²) in [5.74, 6) is -0.833. The van der Waals surface area contributed by atoms with Gasteiger partial charge in [-0.1, -0.05) is 60.7 Å². The Morgan fingerprint density at radius 1 is 0.867 bits per heavy atom. The molecule has 0 aliphatic heterocycles. The lowest BCUT2D eigenvalue weighted by atomic mass is 9.60. The van der Waals surface area contributed by atoms with E-state index in [-0.39, 0.29) is 11.6 Å². The smallest absolute Gasteiger partial charge is 0.314 e. The van der Waals surface area contributed by atoms with Gasteiger partial charge < -0.3 is 10.4 Å². The molecule has 0 radical (unpaired) electrons. The van der Waals surface area contributed by atoms with Crippen molar-refractivity contribution in [3.8, 4) is 0 Å². The summed E-state index contributed by atoms with van der Waals surface area (Å²) < 4.78 is 0. The lowest BCUT2D eigenvalue weighted by molar-refractivity contribution is -0.150. The molecule has 4 rings (SSSR count). The van der Waals surface area contributed by atoms with E-state index in [1.165, 1.54) is 5.56 Å². The Morgan fingerprint density at radius 2 is 1.37 bits per heavy atom. The van der Waals surface area contributed by atoms with Gasteiger partial charge in [0.2, 0.25) is 0 Å². The first-order valence-corrected chi connectivity index (χ1v) is 10.5. The molecule has 2 saturated carbocycles. The fourth-order valence-corrected chi connectivity index (χ4v) is 4.71. The van der Waals surface area contributed by atoms with Crippen LogP contribution in [0.1, 0.15) is 49.7 Å². The zero-order valence-corrected chi connectivity index (χ0v) is 17.4. The van der Waals surface area contributed by atoms with Crippen molar-refractivity contribution in [3.05, 3.63) is 71.8 Å². The molecule has 158 valence electrons. The number of benzene rings is 2. The fourth-order valence-electron chi connectivity index (χ4n) is 4.71. The number of carbonyl (C=O) groups excluding carboxylic acids is 2. The largest absolute Gasteiger partial charge is 0.481 e. The van der Waals surface area contributed by atoms with Gasteiger partial charge in [-0.25, -0.2) is 0 Å². The third-order valence-electron chi connectivity index (χ3n) is 6.56. The van der Waals surface area contributed by atoms with E-state index in [0.29, 0.717) is 38.5 Å². The number of ketones is 2. The molecule has 0 heterocycles. The number of Topliss-reactive ketones (excluding diaryl/α,β-unsaturated/α-hetero) is 2. The summed E-state index contributed by atoms with van der Waals surface area (Å²) in [7, 11) is 1.95. The zero-order chi connectivity index (χ0) is 21.6. The lowest BCUT2D eigenvalue weighted by Crippen LogP contribution is -2.46. The Kier molecular flexibility index (Phi) is 6.83. The minimum Gasteiger partial charge on any atom is -0.481 e. The molecule has 0 aromatic heterocycles.